The molecule has 1 saturated carbocycles. The molecule has 21 heavy (non-hydrogen) atoms. The molecule has 0 atom stereocenters. The highest BCUT2D eigenvalue weighted by Crippen LogP contribution is 2.45. The Morgan fingerprint density at radius 3 is 2.81 bits per heavy atom. The minimum Gasteiger partial charge on any atom is -0.486 e. The summed E-state index contributed by atoms with van der Waals surface area (Å²) >= 11 is 0. The van der Waals surface area contributed by atoms with Crippen molar-refractivity contribution in [3.8, 4) is 23.0 Å². The van der Waals surface area contributed by atoms with Crippen LogP contribution in [0.1, 0.15) is 35.0 Å². The Kier molecular flexibility index (Phi) is 2.63. The van der Waals surface area contributed by atoms with Gasteiger partial charge in [0.2, 0.25) is 11.7 Å². The Bertz CT molecular complexity index is 717. The summed E-state index contributed by atoms with van der Waals surface area (Å²) in [6.07, 6.45) is 1.91. The molecular formula is C15H13NO5. The highest BCUT2D eigenvalue weighted by Gasteiger charge is 2.34. The van der Waals surface area contributed by atoms with Crippen molar-refractivity contribution in [1.82, 2.24) is 4.98 Å². The van der Waals surface area contributed by atoms with E-state index in [0.717, 1.165) is 12.8 Å². The lowest BCUT2D eigenvalue weighted by molar-refractivity contribution is 0.0661. The third kappa shape index (κ3) is 2.03. The second-order valence-electron chi connectivity index (χ2n) is 5.14. The van der Waals surface area contributed by atoms with Crippen LogP contribution in [-0.2, 0) is 0 Å². The van der Waals surface area contributed by atoms with Gasteiger partial charge in [0.25, 0.3) is 0 Å². The standard InChI is InChI=1S/C15H13NO5/c17-15(18)13-11(8-4-5-8)16-14(21-13)9-2-1-3-10-12(9)20-7-6-19-10/h1-3,8H,4-7H2,(H,17,18). The van der Waals surface area contributed by atoms with Gasteiger partial charge in [0.1, 0.15) is 13.2 Å². The van der Waals surface area contributed by atoms with Crippen molar-refractivity contribution in [2.24, 2.45) is 0 Å². The maximum Gasteiger partial charge on any atom is 0.373 e. The predicted octanol–water partition coefficient (Wildman–Crippen LogP) is 2.69. The number of nitrogens with zero attached hydrogens (tertiary/aromatic N) is 1. The number of oxazole rings is 1. The first kappa shape index (κ1) is 12.3. The van der Waals surface area contributed by atoms with E-state index in [-0.39, 0.29) is 17.6 Å². The Morgan fingerprint density at radius 1 is 1.24 bits per heavy atom. The van der Waals surface area contributed by atoms with Gasteiger partial charge in [0.15, 0.2) is 11.5 Å². The van der Waals surface area contributed by atoms with E-state index in [2.05, 4.69) is 4.98 Å². The van der Waals surface area contributed by atoms with Crippen LogP contribution in [0.25, 0.3) is 11.5 Å². The summed E-state index contributed by atoms with van der Waals surface area (Å²) in [5.74, 6) is 0.507. The predicted molar refractivity (Wildman–Crippen MR) is 71.9 cm³/mol. The quantitative estimate of drug-likeness (QED) is 0.934. The third-order valence-electron chi connectivity index (χ3n) is 3.61. The van der Waals surface area contributed by atoms with Gasteiger partial charge in [0.05, 0.1) is 11.3 Å². The molecule has 108 valence electrons. The molecule has 4 rings (SSSR count). The zero-order valence-corrected chi connectivity index (χ0v) is 11.2. The summed E-state index contributed by atoms with van der Waals surface area (Å²) in [4.78, 5) is 15.7. The number of aromatic nitrogens is 1. The smallest absolute Gasteiger partial charge is 0.373 e. The lowest BCUT2D eigenvalue weighted by Gasteiger charge is -2.19. The number of benzene rings is 1. The number of aromatic carboxylic acids is 1. The van der Waals surface area contributed by atoms with Gasteiger partial charge in [-0.1, -0.05) is 6.07 Å². The van der Waals surface area contributed by atoms with Crippen LogP contribution in [0.4, 0.5) is 0 Å². The van der Waals surface area contributed by atoms with Gasteiger partial charge in [0, 0.05) is 5.92 Å². The fraction of sp³-hybridized carbons (Fsp3) is 0.333. The molecule has 1 aliphatic heterocycles. The van der Waals surface area contributed by atoms with Crippen LogP contribution in [0.2, 0.25) is 0 Å². The number of carboxylic acid groups (broad SMARTS) is 1. The van der Waals surface area contributed by atoms with Crippen molar-refractivity contribution in [2.75, 3.05) is 13.2 Å². The van der Waals surface area contributed by atoms with Crippen LogP contribution < -0.4 is 9.47 Å². The van der Waals surface area contributed by atoms with Gasteiger partial charge in [-0.3, -0.25) is 0 Å². The number of carboxylic acids is 1. The topological polar surface area (TPSA) is 81.8 Å². The molecule has 2 aliphatic rings. The van der Waals surface area contributed by atoms with Crippen molar-refractivity contribution in [3.05, 3.63) is 29.7 Å². The molecule has 0 amide bonds. The molecule has 1 aromatic carbocycles. The van der Waals surface area contributed by atoms with E-state index < -0.39 is 5.97 Å². The van der Waals surface area contributed by atoms with E-state index in [1.807, 2.05) is 6.07 Å². The largest absolute Gasteiger partial charge is 0.486 e. The minimum atomic E-state index is -1.09. The average Bonchev–Trinajstić information content (AvgIpc) is 3.25. The molecule has 0 bridgehead atoms. The monoisotopic (exact) mass is 287 g/mol. The number of rotatable bonds is 3. The highest BCUT2D eigenvalue weighted by atomic mass is 16.6. The van der Waals surface area contributed by atoms with Crippen LogP contribution in [-0.4, -0.2) is 29.3 Å². The van der Waals surface area contributed by atoms with Crippen LogP contribution in [0.5, 0.6) is 11.5 Å². The van der Waals surface area contributed by atoms with Crippen LogP contribution in [0, 0.1) is 0 Å². The summed E-state index contributed by atoms with van der Waals surface area (Å²) < 4.78 is 16.6. The Hall–Kier alpha value is -2.50. The molecule has 6 heteroatoms. The van der Waals surface area contributed by atoms with Crippen molar-refractivity contribution < 1.29 is 23.8 Å². The Morgan fingerprint density at radius 2 is 2.05 bits per heavy atom. The molecule has 0 saturated heterocycles. The van der Waals surface area contributed by atoms with E-state index in [1.54, 1.807) is 12.1 Å². The average molecular weight is 287 g/mol. The number of carbonyl (C=O) groups is 1. The van der Waals surface area contributed by atoms with Crippen LogP contribution >= 0.6 is 0 Å². The first-order valence-electron chi connectivity index (χ1n) is 6.87. The number of hydrogen-bond acceptors (Lipinski definition) is 5. The second kappa shape index (κ2) is 4.51. The second-order valence-corrected chi connectivity index (χ2v) is 5.14. The molecule has 0 radical (unpaired) electrons. The lowest BCUT2D eigenvalue weighted by Crippen LogP contribution is -2.15. The molecule has 1 fully saturated rings. The first-order valence-corrected chi connectivity index (χ1v) is 6.87. The molecule has 6 nitrogen and oxygen atoms in total. The maximum absolute atomic E-state index is 11.3. The Labute approximate surface area is 120 Å². The summed E-state index contributed by atoms with van der Waals surface area (Å²) in [6, 6.07) is 5.41. The molecule has 0 spiro atoms. The van der Waals surface area contributed by atoms with Gasteiger partial charge in [-0.2, -0.15) is 0 Å². The fourth-order valence-electron chi connectivity index (χ4n) is 2.48. The first-order chi connectivity index (χ1) is 10.2. The number of ether oxygens (including phenoxy) is 2. The molecule has 0 unspecified atom stereocenters. The molecule has 2 heterocycles. The number of para-hydroxylation sites is 1. The van der Waals surface area contributed by atoms with Gasteiger partial charge in [-0.15, -0.1) is 0 Å². The van der Waals surface area contributed by atoms with Gasteiger partial charge >= 0.3 is 5.97 Å². The summed E-state index contributed by atoms with van der Waals surface area (Å²) in [5, 5.41) is 9.25. The number of hydrogen-bond donors (Lipinski definition) is 1. The molecular weight excluding hydrogens is 274 g/mol. The summed E-state index contributed by atoms with van der Waals surface area (Å²) in [5.41, 5.74) is 1.16. The van der Waals surface area contributed by atoms with Crippen LogP contribution in [0.15, 0.2) is 22.6 Å². The van der Waals surface area contributed by atoms with Crippen LogP contribution in [0.3, 0.4) is 0 Å². The van der Waals surface area contributed by atoms with E-state index in [4.69, 9.17) is 13.9 Å². The minimum absolute atomic E-state index is 0.0677. The Balaban J connectivity index is 1.83. The zero-order valence-electron chi connectivity index (χ0n) is 11.2. The van der Waals surface area contributed by atoms with E-state index in [0.29, 0.717) is 36.0 Å². The van der Waals surface area contributed by atoms with Crippen molar-refractivity contribution in [3.63, 3.8) is 0 Å². The van der Waals surface area contributed by atoms with Crippen molar-refractivity contribution >= 4 is 5.97 Å². The van der Waals surface area contributed by atoms with Gasteiger partial charge in [-0.25, -0.2) is 9.78 Å². The van der Waals surface area contributed by atoms with Crippen molar-refractivity contribution in [2.45, 2.75) is 18.8 Å². The van der Waals surface area contributed by atoms with E-state index >= 15 is 0 Å². The maximum atomic E-state index is 11.3. The molecule has 1 aliphatic carbocycles. The fourth-order valence-corrected chi connectivity index (χ4v) is 2.48. The highest BCUT2D eigenvalue weighted by molar-refractivity contribution is 5.87. The van der Waals surface area contributed by atoms with Gasteiger partial charge < -0.3 is 19.0 Å². The zero-order chi connectivity index (χ0) is 14.4. The van der Waals surface area contributed by atoms with Gasteiger partial charge in [-0.05, 0) is 25.0 Å². The molecule has 1 aromatic heterocycles. The molecule has 2 aromatic rings. The van der Waals surface area contributed by atoms with Crippen molar-refractivity contribution in [1.29, 1.82) is 0 Å². The number of fused-ring (bicyclic) bond motifs is 1. The van der Waals surface area contributed by atoms with E-state index in [1.165, 1.54) is 0 Å². The van der Waals surface area contributed by atoms with E-state index in [9.17, 15) is 9.90 Å². The third-order valence-corrected chi connectivity index (χ3v) is 3.61. The normalized spacial score (nSPS) is 16.8. The molecule has 1 N–H and O–H groups in total. The summed E-state index contributed by atoms with van der Waals surface area (Å²) in [7, 11) is 0. The summed E-state index contributed by atoms with van der Waals surface area (Å²) in [6.45, 7) is 0.946. The SMILES string of the molecule is O=C(O)c1oc(-c2cccc3c2OCCO3)nc1C1CC1. The lowest BCUT2D eigenvalue weighted by atomic mass is 10.1.